The number of nitrogens with zero attached hydrogens (tertiary/aromatic N) is 4. The molecule has 1 N–H and O–H groups in total. The molecular formula is C17H17N5O2S. The monoisotopic (exact) mass is 355 g/mol. The zero-order valence-corrected chi connectivity index (χ0v) is 14.5. The molecule has 0 aliphatic heterocycles. The van der Waals surface area contributed by atoms with Gasteiger partial charge in [0, 0.05) is 18.2 Å². The molecule has 0 atom stereocenters. The van der Waals surface area contributed by atoms with E-state index in [9.17, 15) is 4.79 Å². The van der Waals surface area contributed by atoms with Gasteiger partial charge in [-0.25, -0.2) is 0 Å². The van der Waals surface area contributed by atoms with Crippen molar-refractivity contribution in [2.75, 3.05) is 11.1 Å². The highest BCUT2D eigenvalue weighted by Crippen LogP contribution is 2.24. The smallest absolute Gasteiger partial charge is 0.237 e. The summed E-state index contributed by atoms with van der Waals surface area (Å²) in [6, 6.07) is 11.4. The highest BCUT2D eigenvalue weighted by Gasteiger charge is 2.15. The van der Waals surface area contributed by atoms with Crippen molar-refractivity contribution >= 4 is 23.6 Å². The minimum Gasteiger partial charge on any atom is -0.338 e. The molecule has 0 radical (unpaired) electrons. The zero-order chi connectivity index (χ0) is 17.6. The Bertz CT molecular complexity index is 872. The maximum absolute atomic E-state index is 12.0. The third kappa shape index (κ3) is 4.16. The summed E-state index contributed by atoms with van der Waals surface area (Å²) in [5.41, 5.74) is 1.67. The molecular weight excluding hydrogens is 338 g/mol. The van der Waals surface area contributed by atoms with Crippen LogP contribution in [0, 0.1) is 6.92 Å². The fourth-order valence-electron chi connectivity index (χ4n) is 2.22. The van der Waals surface area contributed by atoms with E-state index in [1.807, 2.05) is 34.9 Å². The first kappa shape index (κ1) is 17.0. The molecule has 7 nitrogen and oxygen atoms in total. The van der Waals surface area contributed by atoms with Gasteiger partial charge in [0.15, 0.2) is 11.0 Å². The van der Waals surface area contributed by atoms with Gasteiger partial charge >= 0.3 is 0 Å². The molecule has 0 saturated carbocycles. The van der Waals surface area contributed by atoms with Crippen LogP contribution in [0.5, 0.6) is 0 Å². The van der Waals surface area contributed by atoms with Crippen LogP contribution >= 0.6 is 11.8 Å². The third-order valence-corrected chi connectivity index (χ3v) is 4.25. The Hall–Kier alpha value is -2.87. The van der Waals surface area contributed by atoms with Crippen LogP contribution in [-0.2, 0) is 11.3 Å². The highest BCUT2D eigenvalue weighted by molar-refractivity contribution is 7.99. The second-order valence-electron chi connectivity index (χ2n) is 5.24. The summed E-state index contributed by atoms with van der Waals surface area (Å²) in [6.45, 7) is 6.13. The van der Waals surface area contributed by atoms with Crippen LogP contribution in [0.1, 0.15) is 5.69 Å². The van der Waals surface area contributed by atoms with Crippen LogP contribution in [0.3, 0.4) is 0 Å². The Morgan fingerprint density at radius 2 is 2.16 bits per heavy atom. The molecule has 1 aromatic carbocycles. The first-order chi connectivity index (χ1) is 12.2. The number of nitrogens with one attached hydrogen (secondary N) is 1. The summed E-state index contributed by atoms with van der Waals surface area (Å²) in [6.07, 6.45) is 1.78. The van der Waals surface area contributed by atoms with E-state index in [-0.39, 0.29) is 11.7 Å². The van der Waals surface area contributed by atoms with E-state index in [1.54, 1.807) is 19.1 Å². The lowest BCUT2D eigenvalue weighted by Crippen LogP contribution is -2.14. The molecule has 2 aromatic heterocycles. The molecule has 3 rings (SSSR count). The predicted octanol–water partition coefficient (Wildman–Crippen LogP) is 3.16. The third-order valence-electron chi connectivity index (χ3n) is 3.28. The highest BCUT2D eigenvalue weighted by atomic mass is 32.2. The van der Waals surface area contributed by atoms with E-state index in [2.05, 4.69) is 27.2 Å². The summed E-state index contributed by atoms with van der Waals surface area (Å²) in [5, 5.41) is 15.5. The lowest BCUT2D eigenvalue weighted by atomic mass is 10.2. The number of aryl methyl sites for hydroxylation is 1. The van der Waals surface area contributed by atoms with Crippen molar-refractivity contribution < 1.29 is 9.32 Å². The molecule has 0 spiro atoms. The van der Waals surface area contributed by atoms with Crippen molar-refractivity contribution in [2.45, 2.75) is 18.6 Å². The standard InChI is InChI=1S/C17H17N5O2S/c1-3-9-22-16(13-7-5-4-6-8-13)19-20-17(22)25-11-14(23)18-15-10-12(2)21-24-15/h3-8,10H,1,9,11H2,2H3,(H,18,23). The molecule has 1 amide bonds. The summed E-state index contributed by atoms with van der Waals surface area (Å²) >= 11 is 1.30. The molecule has 0 aliphatic carbocycles. The second-order valence-corrected chi connectivity index (χ2v) is 6.18. The van der Waals surface area contributed by atoms with E-state index in [1.165, 1.54) is 11.8 Å². The molecule has 2 heterocycles. The van der Waals surface area contributed by atoms with E-state index in [0.29, 0.717) is 23.3 Å². The minimum absolute atomic E-state index is 0.184. The fraction of sp³-hybridized carbons (Fsp3) is 0.176. The maximum atomic E-state index is 12.0. The fourth-order valence-corrected chi connectivity index (χ4v) is 2.96. The number of carbonyl (C=O) groups excluding carboxylic acids is 1. The number of aromatic nitrogens is 4. The van der Waals surface area contributed by atoms with Gasteiger partial charge in [-0.2, -0.15) is 0 Å². The van der Waals surface area contributed by atoms with Crippen molar-refractivity contribution in [2.24, 2.45) is 0 Å². The number of thioether (sulfide) groups is 1. The normalized spacial score (nSPS) is 10.6. The summed E-state index contributed by atoms with van der Waals surface area (Å²) in [7, 11) is 0. The number of carbonyl (C=O) groups is 1. The van der Waals surface area contributed by atoms with Gasteiger partial charge in [0.1, 0.15) is 0 Å². The van der Waals surface area contributed by atoms with Crippen LogP contribution in [0.4, 0.5) is 5.88 Å². The van der Waals surface area contributed by atoms with Crippen molar-refractivity contribution in [1.82, 2.24) is 19.9 Å². The Balaban J connectivity index is 1.70. The molecule has 0 fully saturated rings. The maximum Gasteiger partial charge on any atom is 0.237 e. The van der Waals surface area contributed by atoms with Crippen LogP contribution in [-0.4, -0.2) is 31.6 Å². The van der Waals surface area contributed by atoms with Gasteiger partial charge in [0.05, 0.1) is 11.4 Å². The number of anilines is 1. The van der Waals surface area contributed by atoms with Crippen LogP contribution in [0.15, 0.2) is 58.7 Å². The molecule has 25 heavy (non-hydrogen) atoms. The Morgan fingerprint density at radius 3 is 2.84 bits per heavy atom. The Kier molecular flexibility index (Phi) is 5.30. The molecule has 0 unspecified atom stereocenters. The number of rotatable bonds is 7. The molecule has 128 valence electrons. The van der Waals surface area contributed by atoms with Crippen molar-refractivity contribution in [1.29, 1.82) is 0 Å². The van der Waals surface area contributed by atoms with Crippen LogP contribution < -0.4 is 5.32 Å². The number of amides is 1. The Labute approximate surface area is 149 Å². The topological polar surface area (TPSA) is 85.8 Å². The molecule has 0 bridgehead atoms. The van der Waals surface area contributed by atoms with E-state index in [4.69, 9.17) is 4.52 Å². The largest absolute Gasteiger partial charge is 0.338 e. The van der Waals surface area contributed by atoms with Crippen molar-refractivity contribution in [3.63, 3.8) is 0 Å². The number of hydrogen-bond donors (Lipinski definition) is 1. The SMILES string of the molecule is C=CCn1c(SCC(=O)Nc2cc(C)no2)nnc1-c1ccccc1. The van der Waals surface area contributed by atoms with Crippen molar-refractivity contribution in [3.8, 4) is 11.4 Å². The first-order valence-electron chi connectivity index (χ1n) is 7.63. The first-order valence-corrected chi connectivity index (χ1v) is 8.61. The van der Waals surface area contributed by atoms with Gasteiger partial charge in [-0.15, -0.1) is 16.8 Å². The van der Waals surface area contributed by atoms with Gasteiger partial charge in [-0.05, 0) is 6.92 Å². The van der Waals surface area contributed by atoms with Gasteiger partial charge in [-0.1, -0.05) is 53.3 Å². The average molecular weight is 355 g/mol. The lowest BCUT2D eigenvalue weighted by molar-refractivity contribution is -0.113. The van der Waals surface area contributed by atoms with Crippen molar-refractivity contribution in [3.05, 3.63) is 54.7 Å². The molecule has 3 aromatic rings. The zero-order valence-electron chi connectivity index (χ0n) is 13.7. The minimum atomic E-state index is -0.199. The number of benzene rings is 1. The molecule has 0 aliphatic rings. The van der Waals surface area contributed by atoms with E-state index in [0.717, 1.165) is 11.4 Å². The lowest BCUT2D eigenvalue weighted by Gasteiger charge is -2.07. The number of allylic oxidation sites excluding steroid dienone is 1. The summed E-state index contributed by atoms with van der Waals surface area (Å²) in [5.74, 6) is 1.06. The summed E-state index contributed by atoms with van der Waals surface area (Å²) < 4.78 is 6.90. The Morgan fingerprint density at radius 1 is 1.36 bits per heavy atom. The number of hydrogen-bond acceptors (Lipinski definition) is 6. The molecule has 0 saturated heterocycles. The average Bonchev–Trinajstić information content (AvgIpc) is 3.20. The van der Waals surface area contributed by atoms with Crippen LogP contribution in [0.25, 0.3) is 11.4 Å². The van der Waals surface area contributed by atoms with E-state index >= 15 is 0 Å². The van der Waals surface area contributed by atoms with Gasteiger partial charge in [-0.3, -0.25) is 14.7 Å². The second kappa shape index (κ2) is 7.80. The van der Waals surface area contributed by atoms with E-state index < -0.39 is 0 Å². The van der Waals surface area contributed by atoms with Gasteiger partial charge in [0.2, 0.25) is 11.8 Å². The quantitative estimate of drug-likeness (QED) is 0.517. The predicted molar refractivity (Wildman–Crippen MR) is 96.2 cm³/mol. The van der Waals surface area contributed by atoms with Crippen LogP contribution in [0.2, 0.25) is 0 Å². The molecule has 8 heteroatoms. The van der Waals surface area contributed by atoms with Gasteiger partial charge in [0.25, 0.3) is 0 Å². The van der Waals surface area contributed by atoms with Gasteiger partial charge < -0.3 is 4.52 Å². The summed E-state index contributed by atoms with van der Waals surface area (Å²) in [4.78, 5) is 12.0.